The summed E-state index contributed by atoms with van der Waals surface area (Å²) < 4.78 is 50.4. The number of nitrogens with zero attached hydrogens (tertiary/aromatic N) is 6. The fraction of sp³-hybridized carbons (Fsp3) is 0.176. The molecular formula is C17H12ClF2N7O3S. The Morgan fingerprint density at radius 3 is 2.61 bits per heavy atom. The number of nitriles is 1. The highest BCUT2D eigenvalue weighted by molar-refractivity contribution is 7.91. The molecule has 1 amide bonds. The first-order valence-electron chi connectivity index (χ1n) is 8.39. The van der Waals surface area contributed by atoms with Gasteiger partial charge in [0, 0.05) is 16.7 Å². The second-order valence-electron chi connectivity index (χ2n) is 6.08. The molecule has 0 bridgehead atoms. The van der Waals surface area contributed by atoms with E-state index in [2.05, 4.69) is 25.4 Å². The number of carbonyl (C=O) groups is 1. The van der Waals surface area contributed by atoms with E-state index in [0.29, 0.717) is 0 Å². The van der Waals surface area contributed by atoms with Crippen LogP contribution in [-0.2, 0) is 9.84 Å². The van der Waals surface area contributed by atoms with Crippen LogP contribution in [0.25, 0.3) is 5.82 Å². The van der Waals surface area contributed by atoms with E-state index >= 15 is 0 Å². The summed E-state index contributed by atoms with van der Waals surface area (Å²) in [6.07, 6.45) is 2.37. The number of hydrogen-bond donors (Lipinski definition) is 1. The van der Waals surface area contributed by atoms with Crippen molar-refractivity contribution < 1.29 is 22.0 Å². The summed E-state index contributed by atoms with van der Waals surface area (Å²) in [5.74, 6) is -3.98. The number of rotatable bonds is 6. The van der Waals surface area contributed by atoms with Crippen LogP contribution in [0.15, 0.2) is 41.8 Å². The summed E-state index contributed by atoms with van der Waals surface area (Å²) in [5, 5.41) is 15.3. The Bertz CT molecular complexity index is 1290. The van der Waals surface area contributed by atoms with Crippen molar-refractivity contribution in [3.8, 4) is 11.9 Å². The lowest BCUT2D eigenvalue weighted by Gasteiger charge is -2.15. The van der Waals surface area contributed by atoms with Crippen molar-refractivity contribution in [2.24, 2.45) is 0 Å². The molecule has 0 aliphatic carbocycles. The molecule has 0 spiro atoms. The lowest BCUT2D eigenvalue weighted by atomic mass is 10.2. The third-order valence-electron chi connectivity index (χ3n) is 3.99. The molecule has 0 unspecified atom stereocenters. The first-order valence-corrected chi connectivity index (χ1v) is 10.3. The molecule has 1 aromatic carbocycles. The van der Waals surface area contributed by atoms with Gasteiger partial charge in [-0.3, -0.25) is 4.79 Å². The van der Waals surface area contributed by atoms with Crippen LogP contribution >= 0.6 is 11.6 Å². The summed E-state index contributed by atoms with van der Waals surface area (Å²) in [5.41, 5.74) is -0.145. The predicted octanol–water partition coefficient (Wildman–Crippen LogP) is 2.07. The van der Waals surface area contributed by atoms with Gasteiger partial charge in [0.1, 0.15) is 24.4 Å². The van der Waals surface area contributed by atoms with Crippen LogP contribution in [-0.4, -0.2) is 44.8 Å². The molecule has 0 aliphatic rings. The lowest BCUT2D eigenvalue weighted by molar-refractivity contribution is 0.0937. The van der Waals surface area contributed by atoms with Gasteiger partial charge < -0.3 is 5.32 Å². The van der Waals surface area contributed by atoms with E-state index in [-0.39, 0.29) is 27.9 Å². The smallest absolute Gasteiger partial charge is 0.341 e. The van der Waals surface area contributed by atoms with Crippen molar-refractivity contribution in [3.05, 3.63) is 59.0 Å². The minimum Gasteiger partial charge on any atom is -0.342 e. The first-order chi connectivity index (χ1) is 14.6. The van der Waals surface area contributed by atoms with Crippen LogP contribution < -0.4 is 5.32 Å². The van der Waals surface area contributed by atoms with Gasteiger partial charge in [-0.15, -0.1) is 0 Å². The zero-order chi connectivity index (χ0) is 22.8. The van der Waals surface area contributed by atoms with Crippen LogP contribution in [0.5, 0.6) is 0 Å². The van der Waals surface area contributed by atoms with Gasteiger partial charge in [0.05, 0.1) is 10.9 Å². The molecule has 0 saturated heterocycles. The molecule has 1 atom stereocenters. The van der Waals surface area contributed by atoms with Crippen LogP contribution in [0, 0.1) is 11.3 Å². The molecular weight excluding hydrogens is 456 g/mol. The van der Waals surface area contributed by atoms with Gasteiger partial charge in [0.25, 0.3) is 5.91 Å². The van der Waals surface area contributed by atoms with Crippen molar-refractivity contribution in [2.75, 3.05) is 0 Å². The Labute approximate surface area is 179 Å². The van der Waals surface area contributed by atoms with Crippen molar-refractivity contribution in [2.45, 2.75) is 23.6 Å². The fourth-order valence-electron chi connectivity index (χ4n) is 2.55. The number of halogens is 3. The number of nitrogens with one attached hydrogen (secondary N) is 1. The summed E-state index contributed by atoms with van der Waals surface area (Å²) >= 11 is 5.82. The lowest BCUT2D eigenvalue weighted by Crippen LogP contribution is -2.29. The fourth-order valence-corrected chi connectivity index (χ4v) is 3.64. The van der Waals surface area contributed by atoms with E-state index in [4.69, 9.17) is 16.9 Å². The van der Waals surface area contributed by atoms with Gasteiger partial charge in [-0.2, -0.15) is 23.8 Å². The minimum atomic E-state index is -4.94. The summed E-state index contributed by atoms with van der Waals surface area (Å²) in [7, 11) is -4.94. The Hall–Kier alpha value is -3.50. The molecule has 10 nitrogen and oxygen atoms in total. The minimum absolute atomic E-state index is 0.0924. The van der Waals surface area contributed by atoms with Crippen LogP contribution in [0.4, 0.5) is 8.78 Å². The SMILES string of the molecule is C[C@H](NC(=O)c1cc(Cl)cc(S(=O)(=O)C(F)F)c1)c1ncnn1-c1cc(C#N)ncn1. The van der Waals surface area contributed by atoms with Gasteiger partial charge >= 0.3 is 5.76 Å². The molecule has 3 rings (SSSR count). The Morgan fingerprint density at radius 1 is 1.19 bits per heavy atom. The zero-order valence-electron chi connectivity index (χ0n) is 15.6. The zero-order valence-corrected chi connectivity index (χ0v) is 17.1. The number of amides is 1. The van der Waals surface area contributed by atoms with E-state index in [1.165, 1.54) is 23.4 Å². The van der Waals surface area contributed by atoms with Crippen molar-refractivity contribution in [1.29, 1.82) is 5.26 Å². The third kappa shape index (κ3) is 4.65. The average Bonchev–Trinajstić information content (AvgIpc) is 3.23. The van der Waals surface area contributed by atoms with Crippen molar-refractivity contribution in [3.63, 3.8) is 0 Å². The molecule has 1 N–H and O–H groups in total. The Balaban J connectivity index is 1.88. The number of carbonyl (C=O) groups excluding carboxylic acids is 1. The highest BCUT2D eigenvalue weighted by Gasteiger charge is 2.28. The maximum absolute atomic E-state index is 12.8. The Kier molecular flexibility index (Phi) is 6.23. The quantitative estimate of drug-likeness (QED) is 0.580. The predicted molar refractivity (Wildman–Crippen MR) is 102 cm³/mol. The van der Waals surface area contributed by atoms with Gasteiger partial charge in [0.2, 0.25) is 9.84 Å². The molecule has 2 aromatic heterocycles. The maximum Gasteiger partial charge on any atom is 0.341 e. The number of sulfone groups is 1. The van der Waals surface area contributed by atoms with E-state index < -0.39 is 32.4 Å². The second-order valence-corrected chi connectivity index (χ2v) is 8.43. The highest BCUT2D eigenvalue weighted by atomic mass is 35.5. The van der Waals surface area contributed by atoms with Crippen molar-refractivity contribution in [1.82, 2.24) is 30.0 Å². The molecule has 160 valence electrons. The number of aromatic nitrogens is 5. The highest BCUT2D eigenvalue weighted by Crippen LogP contribution is 2.24. The molecule has 0 radical (unpaired) electrons. The monoisotopic (exact) mass is 467 g/mol. The third-order valence-corrected chi connectivity index (χ3v) is 5.57. The van der Waals surface area contributed by atoms with Crippen molar-refractivity contribution >= 4 is 27.3 Å². The second kappa shape index (κ2) is 8.70. The van der Waals surface area contributed by atoms with E-state index in [9.17, 15) is 22.0 Å². The number of benzene rings is 1. The molecule has 3 aromatic rings. The van der Waals surface area contributed by atoms with E-state index in [1.807, 2.05) is 6.07 Å². The van der Waals surface area contributed by atoms with Gasteiger partial charge in [-0.05, 0) is 25.1 Å². The van der Waals surface area contributed by atoms with E-state index in [0.717, 1.165) is 18.2 Å². The Morgan fingerprint density at radius 2 is 1.94 bits per heavy atom. The average molecular weight is 468 g/mol. The largest absolute Gasteiger partial charge is 0.342 e. The first kappa shape index (κ1) is 22.2. The number of alkyl halides is 2. The summed E-state index contributed by atoms with van der Waals surface area (Å²) in [4.78, 5) is 23.7. The van der Waals surface area contributed by atoms with Gasteiger partial charge in [-0.1, -0.05) is 11.6 Å². The van der Waals surface area contributed by atoms with E-state index in [1.54, 1.807) is 6.92 Å². The van der Waals surface area contributed by atoms with Crippen LogP contribution in [0.1, 0.15) is 34.8 Å². The number of hydrogen-bond acceptors (Lipinski definition) is 8. The summed E-state index contributed by atoms with van der Waals surface area (Å²) in [6.45, 7) is 1.56. The molecule has 0 saturated carbocycles. The van der Waals surface area contributed by atoms with Gasteiger partial charge in [0.15, 0.2) is 11.6 Å². The van der Waals surface area contributed by atoms with Crippen LogP contribution in [0.3, 0.4) is 0 Å². The topological polar surface area (TPSA) is 144 Å². The molecule has 31 heavy (non-hydrogen) atoms. The molecule has 0 fully saturated rings. The molecule has 0 aliphatic heterocycles. The standard InChI is InChI=1S/C17H12ClF2N7O3S/c1-9(15-24-8-25-27(15)14-5-12(6-21)22-7-23-14)26-16(28)10-2-11(18)4-13(3-10)31(29,30)17(19)20/h2-5,7-9,17H,1H3,(H,26,28)/t9-/m0/s1. The van der Waals surface area contributed by atoms with Gasteiger partial charge in [-0.25, -0.2) is 23.4 Å². The molecule has 14 heteroatoms. The van der Waals surface area contributed by atoms with Crippen LogP contribution in [0.2, 0.25) is 5.02 Å². The summed E-state index contributed by atoms with van der Waals surface area (Å²) in [6, 6.07) is 5.24. The maximum atomic E-state index is 12.8. The normalized spacial score (nSPS) is 12.4. The molecule has 2 heterocycles.